The smallest absolute Gasteiger partial charge is 0.219 e. The molecule has 5 atom stereocenters. The number of rotatable bonds is 11. The number of hydrogen-bond acceptors (Lipinski definition) is 8. The van der Waals surface area contributed by atoms with Crippen molar-refractivity contribution < 1.29 is 34.0 Å². The first-order valence-electron chi connectivity index (χ1n) is 9.37. The highest BCUT2D eigenvalue weighted by Gasteiger charge is 2.59. The number of nitrogens with two attached hydrogens (primary N) is 1. The third kappa shape index (κ3) is 5.84. The highest BCUT2D eigenvalue weighted by molar-refractivity contribution is 5.75. The van der Waals surface area contributed by atoms with Crippen molar-refractivity contribution in [3.8, 4) is 0 Å². The molecule has 10 nitrogen and oxygen atoms in total. The van der Waals surface area contributed by atoms with Crippen molar-refractivity contribution >= 4 is 11.8 Å². The number of unbranched alkanes of at least 4 members (excludes halogenated alkanes) is 1. The Kier molecular flexibility index (Phi) is 8.39. The molecule has 0 radical (unpaired) electrons. The van der Waals surface area contributed by atoms with Crippen LogP contribution in [-0.4, -0.2) is 85.1 Å². The number of carbonyl (C=O) groups excluding carboxylic acids is 2. The quantitative estimate of drug-likeness (QED) is 0.254. The van der Waals surface area contributed by atoms with Crippen molar-refractivity contribution in [1.82, 2.24) is 10.6 Å². The average molecular weight is 389 g/mol. The van der Waals surface area contributed by atoms with Crippen LogP contribution in [0.25, 0.3) is 0 Å². The molecule has 0 aromatic heterocycles. The molecule has 0 spiro atoms. The second-order valence-electron chi connectivity index (χ2n) is 7.03. The van der Waals surface area contributed by atoms with Gasteiger partial charge < -0.3 is 40.8 Å². The Hall–Kier alpha value is -1.30. The Balaban J connectivity index is 1.68. The van der Waals surface area contributed by atoms with Gasteiger partial charge in [0.2, 0.25) is 11.8 Å². The fourth-order valence-corrected chi connectivity index (χ4v) is 3.23. The molecule has 2 aliphatic rings. The summed E-state index contributed by atoms with van der Waals surface area (Å²) < 4.78 is 16.8. The van der Waals surface area contributed by atoms with Crippen molar-refractivity contribution in [2.24, 2.45) is 5.73 Å². The van der Waals surface area contributed by atoms with Gasteiger partial charge in [0, 0.05) is 26.5 Å². The third-order valence-corrected chi connectivity index (χ3v) is 4.73. The Bertz CT molecular complexity index is 507. The Morgan fingerprint density at radius 3 is 2.78 bits per heavy atom. The molecule has 0 aromatic rings. The van der Waals surface area contributed by atoms with E-state index in [1.807, 2.05) is 0 Å². The number of aliphatic hydroxyl groups is 2. The summed E-state index contributed by atoms with van der Waals surface area (Å²) in [6, 6.07) is -0.828. The summed E-state index contributed by atoms with van der Waals surface area (Å²) in [6.45, 7) is 2.97. The SMILES string of the molecule is CC(=O)N[C@H]1[C@H]2OC[C@](COCCCCC(=O)NCCCN)(O2)[C@H](O)[C@@H]1O. The number of fused-ring (bicyclic) bond motifs is 2. The molecule has 2 rings (SSSR count). The van der Waals surface area contributed by atoms with Crippen LogP contribution in [0.2, 0.25) is 0 Å². The van der Waals surface area contributed by atoms with Crippen molar-refractivity contribution in [3.05, 3.63) is 0 Å². The van der Waals surface area contributed by atoms with Gasteiger partial charge in [0.15, 0.2) is 6.29 Å². The van der Waals surface area contributed by atoms with E-state index < -0.39 is 30.1 Å². The average Bonchev–Trinajstić information content (AvgIpc) is 3.03. The minimum Gasteiger partial charge on any atom is -0.388 e. The second-order valence-corrected chi connectivity index (χ2v) is 7.03. The van der Waals surface area contributed by atoms with Crippen LogP contribution >= 0.6 is 0 Å². The van der Waals surface area contributed by atoms with E-state index in [2.05, 4.69) is 10.6 Å². The Morgan fingerprint density at radius 1 is 1.30 bits per heavy atom. The Labute approximate surface area is 158 Å². The molecule has 2 fully saturated rings. The molecule has 0 unspecified atom stereocenters. The molecule has 2 saturated heterocycles. The number of ether oxygens (including phenoxy) is 3. The molecular formula is C17H31N3O7. The monoisotopic (exact) mass is 389 g/mol. The molecule has 27 heavy (non-hydrogen) atoms. The first-order chi connectivity index (χ1) is 12.9. The molecule has 0 aromatic carbocycles. The van der Waals surface area contributed by atoms with Crippen LogP contribution < -0.4 is 16.4 Å². The first-order valence-corrected chi connectivity index (χ1v) is 9.37. The van der Waals surface area contributed by atoms with Crippen molar-refractivity contribution in [3.63, 3.8) is 0 Å². The lowest BCUT2D eigenvalue weighted by Gasteiger charge is -2.42. The van der Waals surface area contributed by atoms with Gasteiger partial charge in [0.25, 0.3) is 0 Å². The molecule has 0 aliphatic carbocycles. The molecule has 0 saturated carbocycles. The molecule has 2 heterocycles. The van der Waals surface area contributed by atoms with Gasteiger partial charge in [0.1, 0.15) is 23.9 Å². The molecule has 156 valence electrons. The van der Waals surface area contributed by atoms with Gasteiger partial charge in [-0.05, 0) is 25.8 Å². The topological polar surface area (TPSA) is 152 Å². The lowest BCUT2D eigenvalue weighted by atomic mass is 9.88. The maximum absolute atomic E-state index is 11.6. The predicted molar refractivity (Wildman–Crippen MR) is 94.5 cm³/mol. The number of nitrogens with one attached hydrogen (secondary N) is 2. The lowest BCUT2D eigenvalue weighted by molar-refractivity contribution is -0.237. The minimum atomic E-state index is -1.25. The molecule has 2 amide bonds. The van der Waals surface area contributed by atoms with Crippen LogP contribution in [0.1, 0.15) is 32.6 Å². The number of amides is 2. The molecule has 10 heteroatoms. The van der Waals surface area contributed by atoms with Gasteiger partial charge in [-0.3, -0.25) is 9.59 Å². The zero-order valence-electron chi connectivity index (χ0n) is 15.7. The van der Waals surface area contributed by atoms with Crippen LogP contribution in [0.5, 0.6) is 0 Å². The summed E-state index contributed by atoms with van der Waals surface area (Å²) in [5.41, 5.74) is 4.21. The zero-order chi connectivity index (χ0) is 19.9. The molecule has 6 N–H and O–H groups in total. The van der Waals surface area contributed by atoms with Gasteiger partial charge >= 0.3 is 0 Å². The van der Waals surface area contributed by atoms with Crippen LogP contribution in [0.15, 0.2) is 0 Å². The number of aliphatic hydroxyl groups excluding tert-OH is 2. The summed E-state index contributed by atoms with van der Waals surface area (Å²) in [6.07, 6.45) is -0.752. The Morgan fingerprint density at radius 2 is 2.07 bits per heavy atom. The fourth-order valence-electron chi connectivity index (χ4n) is 3.23. The summed E-state index contributed by atoms with van der Waals surface area (Å²) in [4.78, 5) is 22.8. The minimum absolute atomic E-state index is 0.00718. The van der Waals surface area contributed by atoms with E-state index in [9.17, 15) is 19.8 Å². The summed E-state index contributed by atoms with van der Waals surface area (Å²) in [7, 11) is 0. The highest BCUT2D eigenvalue weighted by Crippen LogP contribution is 2.37. The second kappa shape index (κ2) is 10.3. The molecule has 2 bridgehead atoms. The van der Waals surface area contributed by atoms with Gasteiger partial charge in [0.05, 0.1) is 13.2 Å². The van der Waals surface area contributed by atoms with Crippen LogP contribution in [-0.2, 0) is 23.8 Å². The van der Waals surface area contributed by atoms with Crippen LogP contribution in [0, 0.1) is 0 Å². The molecular weight excluding hydrogens is 358 g/mol. The van der Waals surface area contributed by atoms with Gasteiger partial charge in [-0.2, -0.15) is 0 Å². The highest BCUT2D eigenvalue weighted by atomic mass is 16.7. The summed E-state index contributed by atoms with van der Waals surface area (Å²) in [5.74, 6) is -0.353. The van der Waals surface area contributed by atoms with Crippen molar-refractivity contribution in [2.45, 2.75) is 62.7 Å². The maximum atomic E-state index is 11.6. The van der Waals surface area contributed by atoms with Gasteiger partial charge in [-0.15, -0.1) is 0 Å². The zero-order valence-corrected chi connectivity index (χ0v) is 15.7. The van der Waals surface area contributed by atoms with Crippen molar-refractivity contribution in [2.75, 3.05) is 32.9 Å². The number of carbonyl (C=O) groups is 2. The normalized spacial score (nSPS) is 32.3. The first kappa shape index (κ1) is 22.0. The lowest BCUT2D eigenvalue weighted by Crippen LogP contribution is -2.66. The summed E-state index contributed by atoms with van der Waals surface area (Å²) in [5, 5.41) is 26.0. The van der Waals surface area contributed by atoms with Gasteiger partial charge in [-0.25, -0.2) is 0 Å². The number of hydrogen-bond donors (Lipinski definition) is 5. The van der Waals surface area contributed by atoms with E-state index in [-0.39, 0.29) is 25.0 Å². The van der Waals surface area contributed by atoms with E-state index in [1.165, 1.54) is 6.92 Å². The summed E-state index contributed by atoms with van der Waals surface area (Å²) >= 11 is 0. The van der Waals surface area contributed by atoms with E-state index in [0.717, 1.165) is 6.42 Å². The largest absolute Gasteiger partial charge is 0.388 e. The van der Waals surface area contributed by atoms with Crippen LogP contribution in [0.3, 0.4) is 0 Å². The van der Waals surface area contributed by atoms with E-state index in [1.54, 1.807) is 0 Å². The fraction of sp³-hybridized carbons (Fsp3) is 0.882. The van der Waals surface area contributed by atoms with E-state index in [4.69, 9.17) is 19.9 Å². The van der Waals surface area contributed by atoms with E-state index >= 15 is 0 Å². The predicted octanol–water partition coefficient (Wildman–Crippen LogP) is -2.01. The third-order valence-electron chi connectivity index (χ3n) is 4.73. The van der Waals surface area contributed by atoms with E-state index in [0.29, 0.717) is 39.0 Å². The van der Waals surface area contributed by atoms with Crippen molar-refractivity contribution in [1.29, 1.82) is 0 Å². The molecule has 2 aliphatic heterocycles. The maximum Gasteiger partial charge on any atom is 0.219 e. The standard InChI is InChI=1S/C17H31N3O7/c1-11(21)20-13-14(23)15(24)17(10-26-16(13)27-17)9-25-8-3-2-5-12(22)19-7-4-6-18/h13-16,23-24H,2-10,18H2,1H3,(H,19,22)(H,20,21)/t13-,14-,15-,16+,17+/m1/s1. The van der Waals surface area contributed by atoms with Gasteiger partial charge in [-0.1, -0.05) is 0 Å². The van der Waals surface area contributed by atoms with Crippen LogP contribution in [0.4, 0.5) is 0 Å².